The van der Waals surface area contributed by atoms with Crippen LogP contribution in [0, 0.1) is 0 Å². The van der Waals surface area contributed by atoms with Crippen LogP contribution in [0.1, 0.15) is 52.9 Å². The predicted octanol–water partition coefficient (Wildman–Crippen LogP) is 3.63. The van der Waals surface area contributed by atoms with Gasteiger partial charge in [0, 0.05) is 6.54 Å². The van der Waals surface area contributed by atoms with Crippen molar-refractivity contribution in [1.82, 2.24) is 20.3 Å². The van der Waals surface area contributed by atoms with Gasteiger partial charge in [-0.2, -0.15) is 4.68 Å². The summed E-state index contributed by atoms with van der Waals surface area (Å²) in [5, 5.41) is 12.0. The van der Waals surface area contributed by atoms with Gasteiger partial charge in [-0.05, 0) is 31.4 Å². The molecule has 0 spiro atoms. The van der Waals surface area contributed by atoms with Gasteiger partial charge >= 0.3 is 6.03 Å². The highest BCUT2D eigenvalue weighted by atomic mass is 16.7. The van der Waals surface area contributed by atoms with E-state index in [9.17, 15) is 0 Å². The molecule has 1 aromatic heterocycles. The summed E-state index contributed by atoms with van der Waals surface area (Å²) in [7, 11) is 0. The Hall–Kier alpha value is -1.50. The standard InChI is InChI=1S/C18H30N4O2/c1-4-7-14-23-18(19-13-6-3,24-15-8-5-2)22-17-12-10-9-11-16(17)20-21-22/h9-12,19H,4-8,13-15H2,1-3H3. The molecule has 0 aliphatic carbocycles. The van der Waals surface area contributed by atoms with E-state index in [0.717, 1.165) is 49.7 Å². The normalized spacial score (nSPS) is 12.1. The van der Waals surface area contributed by atoms with Crippen LogP contribution in [0.3, 0.4) is 0 Å². The molecule has 1 N–H and O–H groups in total. The molecule has 6 heteroatoms. The van der Waals surface area contributed by atoms with E-state index >= 15 is 0 Å². The van der Waals surface area contributed by atoms with Gasteiger partial charge in [-0.1, -0.05) is 51.0 Å². The van der Waals surface area contributed by atoms with E-state index in [1.807, 2.05) is 24.3 Å². The highest BCUT2D eigenvalue weighted by Gasteiger charge is 2.37. The Kier molecular flexibility index (Phi) is 7.62. The fraction of sp³-hybridized carbons (Fsp3) is 0.667. The van der Waals surface area contributed by atoms with Gasteiger partial charge in [0.1, 0.15) is 5.52 Å². The highest BCUT2D eigenvalue weighted by molar-refractivity contribution is 5.74. The molecular formula is C18H30N4O2. The average molecular weight is 334 g/mol. The molecule has 0 atom stereocenters. The number of benzene rings is 1. The molecule has 0 radical (unpaired) electrons. The van der Waals surface area contributed by atoms with Gasteiger partial charge in [-0.25, -0.2) is 5.32 Å². The molecule has 134 valence electrons. The molecule has 0 saturated carbocycles. The summed E-state index contributed by atoms with van der Waals surface area (Å²) in [6.45, 7) is 8.39. The summed E-state index contributed by atoms with van der Waals surface area (Å²) < 4.78 is 14.1. The van der Waals surface area contributed by atoms with Gasteiger partial charge in [0.2, 0.25) is 0 Å². The van der Waals surface area contributed by atoms with Crippen LogP contribution >= 0.6 is 0 Å². The van der Waals surface area contributed by atoms with Crippen LogP contribution < -0.4 is 5.32 Å². The summed E-state index contributed by atoms with van der Waals surface area (Å²) in [6.07, 6.45) is 5.05. The molecule has 0 aliphatic rings. The van der Waals surface area contributed by atoms with Crippen molar-refractivity contribution in [3.8, 4) is 0 Å². The van der Waals surface area contributed by atoms with Crippen LogP contribution in [0.2, 0.25) is 0 Å². The molecule has 0 fully saturated rings. The van der Waals surface area contributed by atoms with Crippen LogP contribution in [0.25, 0.3) is 11.0 Å². The molecule has 0 bridgehead atoms. The summed E-state index contributed by atoms with van der Waals surface area (Å²) in [6, 6.07) is 6.77. The summed E-state index contributed by atoms with van der Waals surface area (Å²) in [5.41, 5.74) is 1.73. The minimum Gasteiger partial charge on any atom is -0.318 e. The van der Waals surface area contributed by atoms with Crippen molar-refractivity contribution in [3.63, 3.8) is 0 Å². The lowest BCUT2D eigenvalue weighted by atomic mass is 10.3. The molecule has 2 rings (SSSR count). The first-order valence-electron chi connectivity index (χ1n) is 9.11. The number of ether oxygens (including phenoxy) is 2. The molecule has 6 nitrogen and oxygen atoms in total. The molecule has 2 aromatic rings. The third-order valence-electron chi connectivity index (χ3n) is 3.82. The number of para-hydroxylation sites is 1. The van der Waals surface area contributed by atoms with Gasteiger partial charge < -0.3 is 9.47 Å². The van der Waals surface area contributed by atoms with Crippen molar-refractivity contribution >= 4 is 11.0 Å². The van der Waals surface area contributed by atoms with Gasteiger partial charge in [-0.3, -0.25) is 0 Å². The van der Waals surface area contributed by atoms with Gasteiger partial charge in [0.25, 0.3) is 0 Å². The Morgan fingerprint density at radius 1 is 1.00 bits per heavy atom. The first kappa shape index (κ1) is 18.8. The predicted molar refractivity (Wildman–Crippen MR) is 95.5 cm³/mol. The Morgan fingerprint density at radius 2 is 1.67 bits per heavy atom. The van der Waals surface area contributed by atoms with Crippen molar-refractivity contribution < 1.29 is 9.47 Å². The van der Waals surface area contributed by atoms with E-state index in [2.05, 4.69) is 36.4 Å². The fourth-order valence-electron chi connectivity index (χ4n) is 2.42. The highest BCUT2D eigenvalue weighted by Crippen LogP contribution is 2.23. The third kappa shape index (κ3) is 4.53. The van der Waals surface area contributed by atoms with Crippen LogP contribution in [0.15, 0.2) is 24.3 Å². The third-order valence-corrected chi connectivity index (χ3v) is 3.82. The first-order chi connectivity index (χ1) is 11.8. The maximum atomic E-state index is 6.20. The molecule has 0 saturated heterocycles. The van der Waals surface area contributed by atoms with E-state index in [4.69, 9.17) is 9.47 Å². The zero-order chi connectivity index (χ0) is 17.3. The zero-order valence-electron chi connectivity index (χ0n) is 15.1. The zero-order valence-corrected chi connectivity index (χ0v) is 15.1. The lowest BCUT2D eigenvalue weighted by molar-refractivity contribution is -0.319. The lowest BCUT2D eigenvalue weighted by Gasteiger charge is -2.34. The lowest BCUT2D eigenvalue weighted by Crippen LogP contribution is -2.53. The number of rotatable bonds is 12. The quantitative estimate of drug-likeness (QED) is 0.474. The molecule has 0 aliphatic heterocycles. The maximum Gasteiger partial charge on any atom is 0.338 e. The van der Waals surface area contributed by atoms with E-state index in [0.29, 0.717) is 13.2 Å². The number of aromatic nitrogens is 3. The number of hydrogen-bond donors (Lipinski definition) is 1. The number of hydrogen-bond acceptors (Lipinski definition) is 5. The van der Waals surface area contributed by atoms with E-state index in [1.54, 1.807) is 4.68 Å². The second-order valence-corrected chi connectivity index (χ2v) is 5.90. The summed E-state index contributed by atoms with van der Waals surface area (Å²) in [4.78, 5) is 0. The number of nitrogens with one attached hydrogen (secondary N) is 1. The first-order valence-corrected chi connectivity index (χ1v) is 9.11. The Bertz CT molecular complexity index is 589. The molecule has 1 heterocycles. The summed E-state index contributed by atoms with van der Waals surface area (Å²) in [5.74, 6) is 0. The van der Waals surface area contributed by atoms with Gasteiger partial charge in [0.05, 0.1) is 18.7 Å². The van der Waals surface area contributed by atoms with Crippen molar-refractivity contribution in [1.29, 1.82) is 0 Å². The Labute approximate surface area is 144 Å². The molecular weight excluding hydrogens is 304 g/mol. The Balaban J connectivity index is 2.36. The largest absolute Gasteiger partial charge is 0.338 e. The van der Waals surface area contributed by atoms with E-state index in [1.165, 1.54) is 0 Å². The Morgan fingerprint density at radius 3 is 2.29 bits per heavy atom. The monoisotopic (exact) mass is 334 g/mol. The van der Waals surface area contributed by atoms with Crippen LogP contribution in [-0.4, -0.2) is 34.8 Å². The van der Waals surface area contributed by atoms with Crippen LogP contribution in [0.5, 0.6) is 0 Å². The molecule has 0 amide bonds. The number of fused-ring (bicyclic) bond motifs is 1. The summed E-state index contributed by atoms with van der Waals surface area (Å²) >= 11 is 0. The molecule has 1 aromatic carbocycles. The minimum absolute atomic E-state index is 0.605. The second kappa shape index (κ2) is 9.71. The average Bonchev–Trinajstić information content (AvgIpc) is 3.04. The van der Waals surface area contributed by atoms with Crippen molar-refractivity contribution in [2.45, 2.75) is 58.9 Å². The topological polar surface area (TPSA) is 61.2 Å². The molecule has 24 heavy (non-hydrogen) atoms. The van der Waals surface area contributed by atoms with Crippen LogP contribution in [0.4, 0.5) is 0 Å². The van der Waals surface area contributed by atoms with Crippen molar-refractivity contribution in [3.05, 3.63) is 24.3 Å². The van der Waals surface area contributed by atoms with E-state index in [-0.39, 0.29) is 0 Å². The number of nitrogens with zero attached hydrogens (tertiary/aromatic N) is 3. The van der Waals surface area contributed by atoms with Crippen molar-refractivity contribution in [2.24, 2.45) is 0 Å². The van der Waals surface area contributed by atoms with Gasteiger partial charge in [-0.15, -0.1) is 5.10 Å². The molecule has 0 unspecified atom stereocenters. The van der Waals surface area contributed by atoms with Crippen LogP contribution in [-0.2, 0) is 15.5 Å². The van der Waals surface area contributed by atoms with E-state index < -0.39 is 6.03 Å². The van der Waals surface area contributed by atoms with Gasteiger partial charge in [0.15, 0.2) is 0 Å². The maximum absolute atomic E-state index is 6.20. The smallest absolute Gasteiger partial charge is 0.318 e. The fourth-order valence-corrected chi connectivity index (χ4v) is 2.42. The van der Waals surface area contributed by atoms with Crippen molar-refractivity contribution in [2.75, 3.05) is 19.8 Å². The SMILES string of the molecule is CCCCOC(NCCC)(OCCCC)n1nnc2ccccc21. The second-order valence-electron chi connectivity index (χ2n) is 5.90. The minimum atomic E-state index is -1.10. The number of unbranched alkanes of at least 4 members (excludes halogenated alkanes) is 2.